The molecule has 3 unspecified atom stereocenters. The first kappa shape index (κ1) is 16.0. The zero-order chi connectivity index (χ0) is 15.5. The molecule has 0 spiro atoms. The van der Waals surface area contributed by atoms with E-state index in [4.69, 9.17) is 5.73 Å². The summed E-state index contributed by atoms with van der Waals surface area (Å²) in [5, 5.41) is 0. The second kappa shape index (κ2) is 6.61. The first-order chi connectivity index (χ1) is 9.95. The highest BCUT2D eigenvalue weighted by Crippen LogP contribution is 2.32. The molecule has 1 aliphatic rings. The van der Waals surface area contributed by atoms with E-state index in [0.29, 0.717) is 17.4 Å². The van der Waals surface area contributed by atoms with Gasteiger partial charge in [0.15, 0.2) is 0 Å². The van der Waals surface area contributed by atoms with Crippen LogP contribution in [0.3, 0.4) is 0 Å². The number of nitrogens with two attached hydrogens (primary N) is 1. The average molecular weight is 306 g/mol. The Morgan fingerprint density at radius 1 is 1.29 bits per heavy atom. The van der Waals surface area contributed by atoms with Crippen LogP contribution in [0.5, 0.6) is 0 Å². The fraction of sp³-hybridized carbons (Fsp3) is 0.500. The van der Waals surface area contributed by atoms with Gasteiger partial charge in [-0.1, -0.05) is 37.8 Å². The van der Waals surface area contributed by atoms with Gasteiger partial charge in [0, 0.05) is 11.6 Å². The van der Waals surface area contributed by atoms with Crippen LogP contribution in [0.1, 0.15) is 32.3 Å². The largest absolute Gasteiger partial charge is 0.320 e. The summed E-state index contributed by atoms with van der Waals surface area (Å²) in [7, 11) is -3.55. The number of rotatable bonds is 3. The van der Waals surface area contributed by atoms with Crippen molar-refractivity contribution in [2.24, 2.45) is 17.6 Å². The topological polar surface area (TPSA) is 72.2 Å². The lowest BCUT2D eigenvalue weighted by molar-refractivity contribution is 0.402. The molecule has 0 aromatic heterocycles. The second-order valence-electron chi connectivity index (χ2n) is 5.64. The van der Waals surface area contributed by atoms with E-state index in [1.165, 1.54) is 0 Å². The second-order valence-corrected chi connectivity index (χ2v) is 7.33. The molecule has 2 rings (SSSR count). The molecule has 3 N–H and O–H groups in total. The van der Waals surface area contributed by atoms with E-state index >= 15 is 0 Å². The van der Waals surface area contributed by atoms with Crippen LogP contribution in [0.15, 0.2) is 29.2 Å². The summed E-state index contributed by atoms with van der Waals surface area (Å²) in [6, 6.07) is 6.78. The van der Waals surface area contributed by atoms with Gasteiger partial charge in [-0.3, -0.25) is 0 Å². The zero-order valence-corrected chi connectivity index (χ0v) is 13.3. The minimum Gasteiger partial charge on any atom is -0.320 e. The minimum atomic E-state index is -3.55. The number of benzene rings is 1. The van der Waals surface area contributed by atoms with Gasteiger partial charge in [-0.05, 0) is 36.8 Å². The maximum atomic E-state index is 12.6. The van der Waals surface area contributed by atoms with Gasteiger partial charge in [0.1, 0.15) is 0 Å². The van der Waals surface area contributed by atoms with E-state index in [1.807, 2.05) is 0 Å². The molecule has 114 valence electrons. The van der Waals surface area contributed by atoms with Gasteiger partial charge in [-0.2, -0.15) is 0 Å². The average Bonchev–Trinajstić information content (AvgIpc) is 2.77. The molecular weight excluding hydrogens is 284 g/mol. The van der Waals surface area contributed by atoms with Crippen LogP contribution in [0.2, 0.25) is 0 Å². The number of nitrogens with one attached hydrogen (secondary N) is 1. The van der Waals surface area contributed by atoms with Crippen molar-refractivity contribution in [3.8, 4) is 11.8 Å². The summed E-state index contributed by atoms with van der Waals surface area (Å²) in [4.78, 5) is 0.234. The Bertz CT molecular complexity index is 658. The van der Waals surface area contributed by atoms with Crippen molar-refractivity contribution < 1.29 is 8.42 Å². The lowest BCUT2D eigenvalue weighted by Gasteiger charge is -2.20. The molecule has 0 bridgehead atoms. The van der Waals surface area contributed by atoms with Crippen molar-refractivity contribution >= 4 is 10.0 Å². The third-order valence-corrected chi connectivity index (χ3v) is 5.82. The van der Waals surface area contributed by atoms with Crippen molar-refractivity contribution in [2.75, 3.05) is 6.54 Å². The molecule has 1 saturated carbocycles. The molecule has 21 heavy (non-hydrogen) atoms. The molecule has 0 aliphatic heterocycles. The number of hydrogen-bond acceptors (Lipinski definition) is 3. The molecule has 0 heterocycles. The van der Waals surface area contributed by atoms with E-state index in [9.17, 15) is 8.42 Å². The molecule has 0 saturated heterocycles. The fourth-order valence-corrected chi connectivity index (χ4v) is 4.27. The van der Waals surface area contributed by atoms with Gasteiger partial charge in [-0.15, -0.1) is 0 Å². The molecule has 1 aromatic rings. The van der Waals surface area contributed by atoms with E-state index < -0.39 is 10.0 Å². The van der Waals surface area contributed by atoms with Crippen molar-refractivity contribution in [2.45, 2.75) is 37.6 Å². The Morgan fingerprint density at radius 3 is 2.62 bits per heavy atom. The van der Waals surface area contributed by atoms with Crippen LogP contribution in [0.25, 0.3) is 0 Å². The van der Waals surface area contributed by atoms with Gasteiger partial charge in [0.05, 0.1) is 11.4 Å². The Balaban J connectivity index is 2.28. The Labute approximate surface area is 127 Å². The van der Waals surface area contributed by atoms with Gasteiger partial charge in [0.2, 0.25) is 10.0 Å². The van der Waals surface area contributed by atoms with Gasteiger partial charge in [-0.25, -0.2) is 13.1 Å². The molecular formula is C16H22N2O2S. The van der Waals surface area contributed by atoms with Crippen molar-refractivity contribution in [3.05, 3.63) is 29.8 Å². The molecule has 1 aromatic carbocycles. The van der Waals surface area contributed by atoms with E-state index in [-0.39, 0.29) is 17.5 Å². The molecule has 1 aliphatic carbocycles. The Kier molecular flexibility index (Phi) is 5.04. The van der Waals surface area contributed by atoms with Gasteiger partial charge in [0.25, 0.3) is 0 Å². The molecule has 3 atom stereocenters. The van der Waals surface area contributed by atoms with E-state index in [0.717, 1.165) is 12.8 Å². The molecule has 1 fully saturated rings. The summed E-state index contributed by atoms with van der Waals surface area (Å²) in [5.74, 6) is 6.44. The monoisotopic (exact) mass is 306 g/mol. The highest BCUT2D eigenvalue weighted by atomic mass is 32.2. The standard InChI is InChI=1S/C16H22N2O2S/c1-12-9-10-15(13(12)2)18-21(19,20)16-8-4-3-6-14(16)7-5-11-17/h3-4,6,8,12-13,15,18H,9-11,17H2,1-2H3. The highest BCUT2D eigenvalue weighted by molar-refractivity contribution is 7.89. The first-order valence-corrected chi connectivity index (χ1v) is 8.74. The molecule has 0 radical (unpaired) electrons. The summed E-state index contributed by atoms with van der Waals surface area (Å²) in [6.45, 7) is 4.48. The summed E-state index contributed by atoms with van der Waals surface area (Å²) in [6.07, 6.45) is 1.95. The SMILES string of the molecule is CC1CCC(NS(=O)(=O)c2ccccc2C#CCN)C1C. The van der Waals surface area contributed by atoms with Crippen LogP contribution in [0.4, 0.5) is 0 Å². The van der Waals surface area contributed by atoms with Crippen molar-refractivity contribution in [1.29, 1.82) is 0 Å². The molecule has 4 nitrogen and oxygen atoms in total. The van der Waals surface area contributed by atoms with Crippen LogP contribution >= 0.6 is 0 Å². The Morgan fingerprint density at radius 2 is 2.00 bits per heavy atom. The maximum absolute atomic E-state index is 12.6. The molecule has 0 amide bonds. The zero-order valence-electron chi connectivity index (χ0n) is 12.5. The number of sulfonamides is 1. The normalized spacial score (nSPS) is 25.4. The van der Waals surface area contributed by atoms with Crippen LogP contribution < -0.4 is 10.5 Å². The Hall–Kier alpha value is -1.35. The van der Waals surface area contributed by atoms with Crippen LogP contribution in [-0.2, 0) is 10.0 Å². The predicted octanol–water partition coefficient (Wildman–Crippen LogP) is 1.71. The maximum Gasteiger partial charge on any atom is 0.242 e. The van der Waals surface area contributed by atoms with Crippen LogP contribution in [0, 0.1) is 23.7 Å². The van der Waals surface area contributed by atoms with Gasteiger partial charge >= 0.3 is 0 Å². The lowest BCUT2D eigenvalue weighted by atomic mass is 9.98. The third-order valence-electron chi connectivity index (χ3n) is 4.27. The molecule has 5 heteroatoms. The summed E-state index contributed by atoms with van der Waals surface area (Å²) >= 11 is 0. The highest BCUT2D eigenvalue weighted by Gasteiger charge is 2.33. The summed E-state index contributed by atoms with van der Waals surface area (Å²) < 4.78 is 28.1. The minimum absolute atomic E-state index is 0.000485. The van der Waals surface area contributed by atoms with Gasteiger partial charge < -0.3 is 5.73 Å². The summed E-state index contributed by atoms with van der Waals surface area (Å²) in [5.41, 5.74) is 5.86. The lowest BCUT2D eigenvalue weighted by Crippen LogP contribution is -2.37. The third kappa shape index (κ3) is 3.65. The quantitative estimate of drug-likeness (QED) is 0.835. The number of hydrogen-bond donors (Lipinski definition) is 2. The first-order valence-electron chi connectivity index (χ1n) is 7.26. The van der Waals surface area contributed by atoms with E-state index in [2.05, 4.69) is 30.4 Å². The predicted molar refractivity (Wildman–Crippen MR) is 84.0 cm³/mol. The van der Waals surface area contributed by atoms with Crippen LogP contribution in [-0.4, -0.2) is 21.0 Å². The fourth-order valence-electron chi connectivity index (χ4n) is 2.74. The smallest absolute Gasteiger partial charge is 0.242 e. The van der Waals surface area contributed by atoms with Crippen molar-refractivity contribution in [3.63, 3.8) is 0 Å². The van der Waals surface area contributed by atoms with E-state index in [1.54, 1.807) is 24.3 Å². The van der Waals surface area contributed by atoms with Crippen molar-refractivity contribution in [1.82, 2.24) is 4.72 Å².